The quantitative estimate of drug-likeness (QED) is 0.294. The van der Waals surface area contributed by atoms with Gasteiger partial charge < -0.3 is 9.30 Å². The Morgan fingerprint density at radius 1 is 1.00 bits per heavy atom. The van der Waals surface area contributed by atoms with Crippen molar-refractivity contribution >= 4 is 26.6 Å². The highest BCUT2D eigenvalue weighted by atomic mass is 32.2. The monoisotopic (exact) mass is 534 g/mol. The molecule has 1 N–H and O–H groups in total. The molecule has 0 fully saturated rings. The lowest BCUT2D eigenvalue weighted by Gasteiger charge is -2.20. The van der Waals surface area contributed by atoms with Crippen molar-refractivity contribution in [2.45, 2.75) is 26.9 Å². The summed E-state index contributed by atoms with van der Waals surface area (Å²) in [6.07, 6.45) is -4.29. The maximum atomic E-state index is 13.8. The Morgan fingerprint density at radius 2 is 1.65 bits per heavy atom. The number of anilines is 1. The highest BCUT2D eigenvalue weighted by molar-refractivity contribution is 7.92. The summed E-state index contributed by atoms with van der Waals surface area (Å²) in [5, 5.41) is -0.183. The van der Waals surface area contributed by atoms with Crippen LogP contribution in [-0.4, -0.2) is 18.7 Å². The van der Waals surface area contributed by atoms with Gasteiger partial charge in [-0.05, 0) is 74.4 Å². The van der Waals surface area contributed by atoms with Crippen LogP contribution >= 0.6 is 0 Å². The van der Waals surface area contributed by atoms with Crippen molar-refractivity contribution in [1.82, 2.24) is 4.57 Å². The van der Waals surface area contributed by atoms with Crippen molar-refractivity contribution in [2.75, 3.05) is 10.5 Å². The van der Waals surface area contributed by atoms with E-state index in [0.717, 1.165) is 4.57 Å². The van der Waals surface area contributed by atoms with Gasteiger partial charge in [-0.15, -0.1) is 0 Å². The Hall–Kier alpha value is -3.86. The number of aromatic nitrogens is 1. The number of benzene rings is 3. The summed E-state index contributed by atoms with van der Waals surface area (Å²) < 4.78 is 89.3. The van der Waals surface area contributed by atoms with Crippen LogP contribution in [0.2, 0.25) is 0 Å². The molecular weight excluding hydrogens is 512 g/mol. The van der Waals surface area contributed by atoms with Gasteiger partial charge in [0.15, 0.2) is 5.75 Å². The molecule has 0 amide bonds. The van der Waals surface area contributed by atoms with Gasteiger partial charge in [-0.2, -0.15) is 13.2 Å². The first-order valence-corrected chi connectivity index (χ1v) is 12.8. The highest BCUT2D eigenvalue weighted by Crippen LogP contribution is 2.37. The number of rotatable bonds is 6. The molecule has 0 bridgehead atoms. The molecule has 1 aromatic heterocycles. The lowest BCUT2D eigenvalue weighted by Crippen LogP contribution is -2.22. The molecule has 6 nitrogen and oxygen atoms in total. The van der Waals surface area contributed by atoms with Gasteiger partial charge in [0.25, 0.3) is 0 Å². The Morgan fingerprint density at radius 3 is 2.27 bits per heavy atom. The second kappa shape index (κ2) is 9.55. The molecule has 0 aliphatic carbocycles. The number of sulfonamides is 1. The molecule has 0 aliphatic heterocycles. The molecule has 0 saturated heterocycles. The van der Waals surface area contributed by atoms with Gasteiger partial charge in [-0.25, -0.2) is 12.8 Å². The van der Waals surface area contributed by atoms with E-state index in [1.807, 2.05) is 0 Å². The average molecular weight is 535 g/mol. The topological polar surface area (TPSA) is 77.4 Å². The highest BCUT2D eigenvalue weighted by Gasteiger charge is 2.35. The van der Waals surface area contributed by atoms with E-state index in [0.29, 0.717) is 17.3 Å². The smallest absolute Gasteiger partial charge is 0.421 e. The van der Waals surface area contributed by atoms with Crippen molar-refractivity contribution in [3.05, 3.63) is 93.5 Å². The zero-order valence-electron chi connectivity index (χ0n) is 20.0. The third-order valence-corrected chi connectivity index (χ3v) is 7.03. The zero-order chi connectivity index (χ0) is 27.1. The summed E-state index contributed by atoms with van der Waals surface area (Å²) in [5.41, 5.74) is -1.44. The average Bonchev–Trinajstić information content (AvgIpc) is 2.81. The van der Waals surface area contributed by atoms with Crippen LogP contribution in [-0.2, 0) is 16.2 Å². The van der Waals surface area contributed by atoms with Crippen molar-refractivity contribution in [3.63, 3.8) is 0 Å². The van der Waals surface area contributed by atoms with Crippen LogP contribution in [0.3, 0.4) is 0 Å². The van der Waals surface area contributed by atoms with Gasteiger partial charge in [0, 0.05) is 11.6 Å². The van der Waals surface area contributed by atoms with E-state index >= 15 is 0 Å². The van der Waals surface area contributed by atoms with E-state index in [1.54, 1.807) is 19.9 Å². The minimum Gasteiger partial charge on any atom is -0.455 e. The molecule has 0 aliphatic rings. The Labute approximate surface area is 210 Å². The van der Waals surface area contributed by atoms with Crippen LogP contribution < -0.4 is 14.9 Å². The van der Waals surface area contributed by atoms with Crippen molar-refractivity contribution in [1.29, 1.82) is 0 Å². The predicted octanol–water partition coefficient (Wildman–Crippen LogP) is 6.32. The number of nitrogens with zero attached hydrogens (tertiary/aromatic N) is 1. The fourth-order valence-corrected chi connectivity index (χ4v) is 4.59. The van der Waals surface area contributed by atoms with Crippen molar-refractivity contribution in [2.24, 2.45) is 0 Å². The van der Waals surface area contributed by atoms with Crippen LogP contribution in [0.1, 0.15) is 23.6 Å². The molecule has 0 radical (unpaired) electrons. The number of fused-ring (bicyclic) bond motifs is 1. The normalized spacial score (nSPS) is 12.1. The van der Waals surface area contributed by atoms with E-state index in [9.17, 15) is 30.8 Å². The second-order valence-corrected chi connectivity index (χ2v) is 10.4. The summed E-state index contributed by atoms with van der Waals surface area (Å²) in [7, 11) is -3.71. The molecule has 0 unspecified atom stereocenters. The largest absolute Gasteiger partial charge is 0.455 e. The number of nitrogens with one attached hydrogen (secondary N) is 1. The molecule has 37 heavy (non-hydrogen) atoms. The first-order chi connectivity index (χ1) is 17.3. The first-order valence-electron chi connectivity index (χ1n) is 11.1. The SMILES string of the molecule is CCS(=O)(=O)Nc1ccc(Oc2c(C)cc(F)cc2C)c(-n2cc(C(F)(F)F)c(=O)c3ccccc32)c1. The maximum absolute atomic E-state index is 13.8. The fourth-order valence-electron chi connectivity index (χ4n) is 3.95. The predicted molar refractivity (Wildman–Crippen MR) is 134 cm³/mol. The van der Waals surface area contributed by atoms with Gasteiger partial charge in [-0.1, -0.05) is 12.1 Å². The van der Waals surface area contributed by atoms with Gasteiger partial charge in [0.1, 0.15) is 17.1 Å². The van der Waals surface area contributed by atoms with Crippen LogP contribution in [0.15, 0.2) is 65.6 Å². The van der Waals surface area contributed by atoms with Gasteiger partial charge in [0.05, 0.1) is 22.6 Å². The standard InChI is InChI=1S/C26H22F4N2O4S/c1-4-37(34,35)31-18-9-10-23(36-25-15(2)11-17(27)12-16(25)3)22(13-18)32-14-20(26(28,29)30)24(33)19-7-5-6-8-21(19)32/h5-14,31H,4H2,1-3H3. The summed E-state index contributed by atoms with van der Waals surface area (Å²) >= 11 is 0. The molecule has 4 aromatic rings. The molecule has 0 atom stereocenters. The summed E-state index contributed by atoms with van der Waals surface area (Å²) in [6.45, 7) is 4.67. The van der Waals surface area contributed by atoms with Crippen molar-refractivity contribution in [3.8, 4) is 17.2 Å². The number of para-hydroxylation sites is 1. The molecule has 11 heteroatoms. The summed E-state index contributed by atoms with van der Waals surface area (Å²) in [4.78, 5) is 12.7. The minimum absolute atomic E-state index is 0.0288. The maximum Gasteiger partial charge on any atom is 0.421 e. The summed E-state index contributed by atoms with van der Waals surface area (Å²) in [5.74, 6) is -0.369. The van der Waals surface area contributed by atoms with Gasteiger partial charge in [-0.3, -0.25) is 9.52 Å². The second-order valence-electron chi connectivity index (χ2n) is 8.42. The molecule has 1 heterocycles. The molecule has 0 spiro atoms. The van der Waals surface area contributed by atoms with E-state index in [1.165, 1.54) is 55.5 Å². The van der Waals surface area contributed by atoms with E-state index in [2.05, 4.69) is 4.72 Å². The van der Waals surface area contributed by atoms with E-state index in [4.69, 9.17) is 4.74 Å². The third-order valence-electron chi connectivity index (χ3n) is 5.73. The number of hydrogen-bond donors (Lipinski definition) is 1. The Bertz CT molecular complexity index is 1660. The Kier molecular flexibility index (Phi) is 6.76. The zero-order valence-corrected chi connectivity index (χ0v) is 20.8. The van der Waals surface area contributed by atoms with Gasteiger partial charge >= 0.3 is 6.18 Å². The fraction of sp³-hybridized carbons (Fsp3) is 0.192. The number of aryl methyl sites for hydroxylation is 2. The molecule has 0 saturated carbocycles. The van der Waals surface area contributed by atoms with Crippen molar-refractivity contribution < 1.29 is 30.7 Å². The third kappa shape index (κ3) is 5.31. The number of halogens is 4. The van der Waals surface area contributed by atoms with Crippen LogP contribution in [0.4, 0.5) is 23.2 Å². The van der Waals surface area contributed by atoms with Crippen LogP contribution in [0.25, 0.3) is 16.6 Å². The number of alkyl halides is 3. The van der Waals surface area contributed by atoms with Crippen LogP contribution in [0.5, 0.6) is 11.5 Å². The minimum atomic E-state index is -4.95. The number of hydrogen-bond acceptors (Lipinski definition) is 4. The molecular formula is C26H22F4N2O4S. The van der Waals surface area contributed by atoms with E-state index < -0.39 is 33.0 Å². The Balaban J connectivity index is 2.04. The van der Waals surface area contributed by atoms with Crippen LogP contribution in [0, 0.1) is 19.7 Å². The number of ether oxygens (including phenoxy) is 1. The molecule has 194 valence electrons. The lowest BCUT2D eigenvalue weighted by atomic mass is 10.1. The molecule has 3 aromatic carbocycles. The lowest BCUT2D eigenvalue weighted by molar-refractivity contribution is -0.138. The van der Waals surface area contributed by atoms with Gasteiger partial charge in [0.2, 0.25) is 15.5 Å². The summed E-state index contributed by atoms with van der Waals surface area (Å²) in [6, 6.07) is 12.4. The van der Waals surface area contributed by atoms with E-state index in [-0.39, 0.29) is 39.5 Å². The molecule has 4 rings (SSSR count). The first kappa shape index (κ1) is 26.2. The number of pyridine rings is 1.